The first-order valence-corrected chi connectivity index (χ1v) is 18.4. The van der Waals surface area contributed by atoms with Crippen LogP contribution in [-0.4, -0.2) is 82.1 Å². The van der Waals surface area contributed by atoms with E-state index in [-0.39, 0.29) is 43.4 Å². The molecular weight excluding hydrogens is 689 g/mol. The molecule has 2 aromatic carbocycles. The molecule has 13 heteroatoms. The van der Waals surface area contributed by atoms with Gasteiger partial charge in [-0.05, 0) is 70.1 Å². The Balaban J connectivity index is 1.51. The maximum absolute atomic E-state index is 14.4. The summed E-state index contributed by atoms with van der Waals surface area (Å²) < 4.78 is 28.1. The third-order valence-corrected chi connectivity index (χ3v) is 9.67. The highest BCUT2D eigenvalue weighted by Crippen LogP contribution is 2.39. The van der Waals surface area contributed by atoms with Crippen LogP contribution in [0.15, 0.2) is 77.8 Å². The quantitative estimate of drug-likeness (QED) is 0.117. The number of amides is 2. The van der Waals surface area contributed by atoms with E-state index in [1.54, 1.807) is 65.0 Å². The Morgan fingerprint density at radius 2 is 1.75 bits per heavy atom. The molecule has 3 atom stereocenters. The number of nitrogens with zero attached hydrogens (tertiary/aromatic N) is 1. The van der Waals surface area contributed by atoms with Crippen LogP contribution in [0.3, 0.4) is 0 Å². The van der Waals surface area contributed by atoms with Gasteiger partial charge in [-0.2, -0.15) is 0 Å². The Morgan fingerprint density at radius 1 is 1.06 bits per heavy atom. The number of benzene rings is 2. The van der Waals surface area contributed by atoms with Crippen molar-refractivity contribution in [1.29, 1.82) is 0 Å². The van der Waals surface area contributed by atoms with Gasteiger partial charge in [-0.1, -0.05) is 61.9 Å². The number of rotatable bonds is 14. The van der Waals surface area contributed by atoms with Gasteiger partial charge in [-0.3, -0.25) is 9.69 Å². The van der Waals surface area contributed by atoms with Gasteiger partial charge in [-0.15, -0.1) is 11.8 Å². The van der Waals surface area contributed by atoms with Crippen LogP contribution in [0.5, 0.6) is 5.75 Å². The summed E-state index contributed by atoms with van der Waals surface area (Å²) >= 11 is 1.48. The summed E-state index contributed by atoms with van der Waals surface area (Å²) in [4.78, 5) is 54.0. The van der Waals surface area contributed by atoms with Crippen LogP contribution in [0.25, 0.3) is 0 Å². The van der Waals surface area contributed by atoms with Crippen molar-refractivity contribution in [3.63, 3.8) is 0 Å². The number of allylic oxidation sites excluding steroid dienone is 1. The lowest BCUT2D eigenvalue weighted by molar-refractivity contribution is -0.143. The van der Waals surface area contributed by atoms with Crippen LogP contribution in [0.1, 0.15) is 71.9 Å². The Labute approximate surface area is 309 Å². The number of unbranched alkanes of at least 4 members (excludes halogenated alkanes) is 1. The molecule has 1 saturated heterocycles. The topological polar surface area (TPSA) is 150 Å². The molecule has 0 radical (unpaired) electrons. The average molecular weight is 739 g/mol. The fourth-order valence-electron chi connectivity index (χ4n) is 5.73. The number of hydrogen-bond acceptors (Lipinski definition) is 11. The van der Waals surface area contributed by atoms with Crippen molar-refractivity contribution in [1.82, 2.24) is 10.2 Å². The number of methoxy groups -OCH3 is 1. The second-order valence-electron chi connectivity index (χ2n) is 14.0. The number of aliphatic hydroxyl groups is 1. The van der Waals surface area contributed by atoms with Crippen LogP contribution < -0.4 is 10.1 Å². The van der Waals surface area contributed by atoms with Gasteiger partial charge < -0.3 is 34.1 Å². The molecule has 12 nitrogen and oxygen atoms in total. The zero-order valence-electron chi connectivity index (χ0n) is 30.9. The monoisotopic (exact) mass is 738 g/mol. The van der Waals surface area contributed by atoms with E-state index in [4.69, 9.17) is 23.7 Å². The van der Waals surface area contributed by atoms with Gasteiger partial charge in [0.15, 0.2) is 11.5 Å². The van der Waals surface area contributed by atoms with E-state index in [0.29, 0.717) is 22.6 Å². The average Bonchev–Trinajstić information content (AvgIpc) is 3.42. The lowest BCUT2D eigenvalue weighted by Crippen LogP contribution is -2.51. The minimum Gasteiger partial charge on any atom is -0.508 e. The molecule has 1 fully saturated rings. The Bertz CT molecular complexity index is 1630. The highest BCUT2D eigenvalue weighted by atomic mass is 32.2. The fraction of sp³-hybridized carbons (Fsp3) is 0.487. The van der Waals surface area contributed by atoms with Crippen molar-refractivity contribution in [2.75, 3.05) is 19.5 Å². The van der Waals surface area contributed by atoms with E-state index >= 15 is 0 Å². The Kier molecular flexibility index (Phi) is 13.8. The smallest absolute Gasteiger partial charge is 0.413 e. The van der Waals surface area contributed by atoms with Crippen molar-refractivity contribution in [2.24, 2.45) is 0 Å². The summed E-state index contributed by atoms with van der Waals surface area (Å²) in [5.41, 5.74) is 0.0862. The normalized spacial score (nSPS) is 19.0. The Hall–Kier alpha value is -4.49. The van der Waals surface area contributed by atoms with Gasteiger partial charge in [0.05, 0.1) is 19.0 Å². The third kappa shape index (κ3) is 10.8. The van der Waals surface area contributed by atoms with Gasteiger partial charge in [0, 0.05) is 18.4 Å². The molecule has 0 spiro atoms. The SMILES string of the molecule is CCCCSC1C(C(=O)[C@H]2COC(C)(C)N2C(=O)OCc2ccccc2)=CCC(O)=C1Oc1ccc(C[C@H](NC(=O)OC(C)(C)C)C(=O)OC)cc1. The number of nitrogens with one attached hydrogen (secondary N) is 1. The van der Waals surface area contributed by atoms with Crippen molar-refractivity contribution >= 4 is 35.7 Å². The molecule has 4 rings (SSSR count). The second kappa shape index (κ2) is 17.8. The molecule has 0 aromatic heterocycles. The number of Topliss-reactive ketones (excluding diaryl/α,β-unsaturated/α-hetero) is 1. The molecule has 2 amide bonds. The standard InChI is InChI=1S/C39H50N2O10S/c1-8-9-21-52-34-28(32(43)30-24-49-39(5,6)41(30)37(46)48-23-26-13-11-10-12-14-26)19-20-31(42)33(34)50-27-17-15-25(16-18-27)22-29(35(44)47-7)40-36(45)51-38(2,3)4/h10-19,29-30,34,42H,8-9,20-24H2,1-7H3,(H,40,45)/t29-,30+,34?/m0/s1. The van der Waals surface area contributed by atoms with E-state index < -0.39 is 46.8 Å². The number of ketones is 1. The van der Waals surface area contributed by atoms with Gasteiger partial charge in [0.1, 0.15) is 41.5 Å². The van der Waals surface area contributed by atoms with Crippen molar-refractivity contribution in [2.45, 2.75) is 102 Å². The molecule has 1 aliphatic carbocycles. The fourth-order valence-corrected chi connectivity index (χ4v) is 7.14. The molecule has 52 heavy (non-hydrogen) atoms. The van der Waals surface area contributed by atoms with Crippen molar-refractivity contribution in [3.8, 4) is 5.75 Å². The van der Waals surface area contributed by atoms with Crippen LogP contribution in [-0.2, 0) is 41.6 Å². The summed E-state index contributed by atoms with van der Waals surface area (Å²) in [6, 6.07) is 14.2. The predicted octanol–water partition coefficient (Wildman–Crippen LogP) is 7.02. The zero-order chi connectivity index (χ0) is 38.1. The maximum atomic E-state index is 14.4. The van der Waals surface area contributed by atoms with E-state index in [1.165, 1.54) is 23.8 Å². The van der Waals surface area contributed by atoms with E-state index in [9.17, 15) is 24.3 Å². The van der Waals surface area contributed by atoms with Crippen molar-refractivity contribution < 1.29 is 48.0 Å². The number of esters is 1. The number of ether oxygens (including phenoxy) is 5. The highest BCUT2D eigenvalue weighted by molar-refractivity contribution is 8.00. The maximum Gasteiger partial charge on any atom is 0.413 e. The number of hydrogen-bond donors (Lipinski definition) is 2. The third-order valence-electron chi connectivity index (χ3n) is 8.35. The molecule has 1 heterocycles. The number of alkyl carbamates (subject to hydrolysis) is 1. The van der Waals surface area contributed by atoms with Crippen LogP contribution >= 0.6 is 11.8 Å². The molecule has 0 bridgehead atoms. The molecular formula is C39H50N2O10S. The highest BCUT2D eigenvalue weighted by Gasteiger charge is 2.50. The van der Waals surface area contributed by atoms with Gasteiger partial charge in [0.2, 0.25) is 0 Å². The van der Waals surface area contributed by atoms with Gasteiger partial charge >= 0.3 is 18.2 Å². The van der Waals surface area contributed by atoms with Crippen LogP contribution in [0.2, 0.25) is 0 Å². The summed E-state index contributed by atoms with van der Waals surface area (Å²) in [5.74, 6) is 0.371. The molecule has 0 saturated carbocycles. The molecule has 2 N–H and O–H groups in total. The summed E-state index contributed by atoms with van der Waals surface area (Å²) in [6.07, 6.45) is 2.28. The van der Waals surface area contributed by atoms with Crippen molar-refractivity contribution in [3.05, 3.63) is 88.9 Å². The molecule has 2 aliphatic rings. The second-order valence-corrected chi connectivity index (χ2v) is 15.2. The minimum atomic E-state index is -1.09. The first-order valence-electron chi connectivity index (χ1n) is 17.4. The van der Waals surface area contributed by atoms with Crippen LogP contribution in [0, 0.1) is 0 Å². The minimum absolute atomic E-state index is 0.0101. The van der Waals surface area contributed by atoms with Crippen LogP contribution in [0.4, 0.5) is 9.59 Å². The van der Waals surface area contributed by atoms with E-state index in [0.717, 1.165) is 18.4 Å². The number of aliphatic hydroxyl groups excluding tert-OH is 1. The summed E-state index contributed by atoms with van der Waals surface area (Å²) in [7, 11) is 1.24. The summed E-state index contributed by atoms with van der Waals surface area (Å²) in [5, 5.41) is 13.0. The zero-order valence-corrected chi connectivity index (χ0v) is 31.7. The lowest BCUT2D eigenvalue weighted by atomic mass is 9.94. The van der Waals surface area contributed by atoms with E-state index in [1.807, 2.05) is 30.3 Å². The molecule has 2 aromatic rings. The molecule has 1 unspecified atom stereocenters. The first kappa shape index (κ1) is 40.3. The molecule has 282 valence electrons. The van der Waals surface area contributed by atoms with E-state index in [2.05, 4.69) is 12.2 Å². The number of carbonyl (C=O) groups is 4. The lowest BCUT2D eigenvalue weighted by Gasteiger charge is -2.34. The largest absolute Gasteiger partial charge is 0.508 e. The summed E-state index contributed by atoms with van der Waals surface area (Å²) in [6.45, 7) is 10.7. The molecule has 1 aliphatic heterocycles. The predicted molar refractivity (Wildman–Crippen MR) is 197 cm³/mol. The van der Waals surface area contributed by atoms with Gasteiger partial charge in [0.25, 0.3) is 0 Å². The number of carbonyl (C=O) groups excluding carboxylic acids is 4. The Morgan fingerprint density at radius 3 is 2.38 bits per heavy atom. The first-order chi connectivity index (χ1) is 24.6. The van der Waals surface area contributed by atoms with Gasteiger partial charge in [-0.25, -0.2) is 14.4 Å². The number of thioether (sulfide) groups is 1.